The molecule has 0 saturated carbocycles. The zero-order valence-electron chi connectivity index (χ0n) is 17.3. The average molecular weight is 412 g/mol. The molecule has 0 spiro atoms. The van der Waals surface area contributed by atoms with Crippen LogP contribution < -0.4 is 10.9 Å². The van der Waals surface area contributed by atoms with Crippen LogP contribution in [0.15, 0.2) is 39.9 Å². The van der Waals surface area contributed by atoms with E-state index in [1.165, 1.54) is 6.26 Å². The van der Waals surface area contributed by atoms with Crippen LogP contribution in [0.5, 0.6) is 0 Å². The number of carbonyl (C=O) groups is 2. The predicted octanol–water partition coefficient (Wildman–Crippen LogP) is 1.35. The van der Waals surface area contributed by atoms with Crippen LogP contribution in [0.1, 0.15) is 39.3 Å². The molecular weight excluding hydrogens is 384 g/mol. The fourth-order valence-electron chi connectivity index (χ4n) is 4.25. The number of carbonyl (C=O) groups excluding carboxylic acids is 2. The quantitative estimate of drug-likeness (QED) is 0.819. The van der Waals surface area contributed by atoms with Gasteiger partial charge in [0.25, 0.3) is 17.4 Å². The van der Waals surface area contributed by atoms with E-state index >= 15 is 0 Å². The fraction of sp³-hybridized carbons (Fsp3) is 0.500. The summed E-state index contributed by atoms with van der Waals surface area (Å²) >= 11 is 0. The van der Waals surface area contributed by atoms with Gasteiger partial charge in [-0.3, -0.25) is 14.4 Å². The molecule has 2 aliphatic rings. The molecule has 2 aromatic rings. The van der Waals surface area contributed by atoms with Gasteiger partial charge in [-0.1, -0.05) is 0 Å². The standard InChI is InChI=1S/C22H28N4O4/c1-16-6-8-26(15-17-4-2-7-23-14-17)22(29)19(16)21(28)25-11-9-24(10-12-25)20(27)18-5-3-13-30-18/h3,5-6,8,13,17,23H,2,4,7,9-12,14-15H2,1H3. The highest BCUT2D eigenvalue weighted by Gasteiger charge is 2.29. The molecule has 8 nitrogen and oxygen atoms in total. The van der Waals surface area contributed by atoms with Crippen molar-refractivity contribution in [2.24, 2.45) is 5.92 Å². The molecule has 2 amide bonds. The van der Waals surface area contributed by atoms with E-state index in [0.29, 0.717) is 50.0 Å². The summed E-state index contributed by atoms with van der Waals surface area (Å²) in [4.78, 5) is 42.0. The molecule has 4 rings (SSSR count). The summed E-state index contributed by atoms with van der Waals surface area (Å²) in [6, 6.07) is 5.17. The van der Waals surface area contributed by atoms with Gasteiger partial charge in [0.15, 0.2) is 5.76 Å². The second-order valence-electron chi connectivity index (χ2n) is 8.11. The summed E-state index contributed by atoms with van der Waals surface area (Å²) in [5.41, 5.74) is 0.712. The van der Waals surface area contributed by atoms with Crippen molar-refractivity contribution in [3.8, 4) is 0 Å². The second-order valence-corrected chi connectivity index (χ2v) is 8.11. The number of hydrogen-bond donors (Lipinski definition) is 1. The lowest BCUT2D eigenvalue weighted by Crippen LogP contribution is -2.51. The van der Waals surface area contributed by atoms with Gasteiger partial charge < -0.3 is 24.1 Å². The van der Waals surface area contributed by atoms with Crippen LogP contribution in [0.25, 0.3) is 0 Å². The number of pyridine rings is 1. The summed E-state index contributed by atoms with van der Waals surface area (Å²) in [6.45, 7) is 5.97. The van der Waals surface area contributed by atoms with Crippen molar-refractivity contribution in [3.63, 3.8) is 0 Å². The van der Waals surface area contributed by atoms with E-state index in [0.717, 1.165) is 25.9 Å². The van der Waals surface area contributed by atoms with Gasteiger partial charge in [0, 0.05) is 38.9 Å². The van der Waals surface area contributed by atoms with Gasteiger partial charge in [-0.2, -0.15) is 0 Å². The molecule has 1 unspecified atom stereocenters. The first-order chi connectivity index (χ1) is 14.5. The summed E-state index contributed by atoms with van der Waals surface area (Å²) < 4.78 is 6.85. The van der Waals surface area contributed by atoms with E-state index in [-0.39, 0.29) is 22.9 Å². The maximum absolute atomic E-state index is 13.2. The normalized spacial score (nSPS) is 19.7. The van der Waals surface area contributed by atoms with Crippen LogP contribution >= 0.6 is 0 Å². The van der Waals surface area contributed by atoms with Crippen molar-refractivity contribution >= 4 is 11.8 Å². The Morgan fingerprint density at radius 1 is 1.13 bits per heavy atom. The Hall–Kier alpha value is -2.87. The molecule has 2 fully saturated rings. The lowest BCUT2D eigenvalue weighted by atomic mass is 9.99. The van der Waals surface area contributed by atoms with Crippen LogP contribution in [0.2, 0.25) is 0 Å². The molecule has 0 aromatic carbocycles. The van der Waals surface area contributed by atoms with Crippen LogP contribution in [0.3, 0.4) is 0 Å². The Morgan fingerprint density at radius 3 is 2.50 bits per heavy atom. The first-order valence-electron chi connectivity index (χ1n) is 10.6. The number of hydrogen-bond acceptors (Lipinski definition) is 5. The molecule has 2 aromatic heterocycles. The summed E-state index contributed by atoms with van der Waals surface area (Å²) in [5, 5.41) is 3.37. The smallest absolute Gasteiger partial charge is 0.289 e. The molecule has 0 aliphatic carbocycles. The molecule has 160 valence electrons. The number of aromatic nitrogens is 1. The van der Waals surface area contributed by atoms with Gasteiger partial charge in [0.2, 0.25) is 0 Å². The summed E-state index contributed by atoms with van der Waals surface area (Å²) in [7, 11) is 0. The van der Waals surface area contributed by atoms with Crippen molar-refractivity contribution in [1.29, 1.82) is 0 Å². The van der Waals surface area contributed by atoms with E-state index in [4.69, 9.17) is 4.42 Å². The van der Waals surface area contributed by atoms with Crippen LogP contribution in [-0.2, 0) is 6.54 Å². The second kappa shape index (κ2) is 8.87. The fourth-order valence-corrected chi connectivity index (χ4v) is 4.25. The van der Waals surface area contributed by atoms with Crippen molar-refractivity contribution in [2.75, 3.05) is 39.3 Å². The van der Waals surface area contributed by atoms with Gasteiger partial charge >= 0.3 is 0 Å². The summed E-state index contributed by atoms with van der Waals surface area (Å²) in [5.74, 6) is 0.275. The van der Waals surface area contributed by atoms with E-state index in [2.05, 4.69) is 5.32 Å². The lowest BCUT2D eigenvalue weighted by molar-refractivity contribution is 0.0516. The molecular formula is C22H28N4O4. The number of rotatable bonds is 4. The molecule has 8 heteroatoms. The lowest BCUT2D eigenvalue weighted by Gasteiger charge is -2.34. The monoisotopic (exact) mass is 412 g/mol. The SMILES string of the molecule is Cc1ccn(CC2CCCNC2)c(=O)c1C(=O)N1CCN(C(=O)c2ccco2)CC1. The zero-order valence-corrected chi connectivity index (χ0v) is 17.3. The molecule has 2 aliphatic heterocycles. The van der Waals surface area contributed by atoms with E-state index in [9.17, 15) is 14.4 Å². The van der Waals surface area contributed by atoms with E-state index in [1.54, 1.807) is 39.6 Å². The molecule has 1 N–H and O–H groups in total. The van der Waals surface area contributed by atoms with Crippen molar-refractivity contribution in [2.45, 2.75) is 26.3 Å². The molecule has 1 atom stereocenters. The number of piperazine rings is 1. The summed E-state index contributed by atoms with van der Waals surface area (Å²) in [6.07, 6.45) is 5.46. The zero-order chi connectivity index (χ0) is 21.1. The third-order valence-electron chi connectivity index (χ3n) is 6.03. The molecule has 0 bridgehead atoms. The average Bonchev–Trinajstić information content (AvgIpc) is 3.31. The molecule has 30 heavy (non-hydrogen) atoms. The number of nitrogens with one attached hydrogen (secondary N) is 1. The van der Waals surface area contributed by atoms with Gasteiger partial charge in [-0.15, -0.1) is 0 Å². The highest BCUT2D eigenvalue weighted by atomic mass is 16.3. The van der Waals surface area contributed by atoms with E-state index in [1.807, 2.05) is 6.07 Å². The van der Waals surface area contributed by atoms with Crippen molar-refractivity contribution in [3.05, 3.63) is 57.9 Å². The third-order valence-corrected chi connectivity index (χ3v) is 6.03. The largest absolute Gasteiger partial charge is 0.459 e. The van der Waals surface area contributed by atoms with Crippen molar-refractivity contribution < 1.29 is 14.0 Å². The first kappa shape index (κ1) is 20.4. The Labute approximate surface area is 175 Å². The van der Waals surface area contributed by atoms with Crippen LogP contribution in [0.4, 0.5) is 0 Å². The molecule has 2 saturated heterocycles. The van der Waals surface area contributed by atoms with Gasteiger partial charge in [0.1, 0.15) is 5.56 Å². The van der Waals surface area contributed by atoms with Crippen LogP contribution in [0, 0.1) is 12.8 Å². The number of aryl methyl sites for hydroxylation is 1. The Morgan fingerprint density at radius 2 is 1.87 bits per heavy atom. The molecule has 4 heterocycles. The van der Waals surface area contributed by atoms with E-state index < -0.39 is 0 Å². The van der Waals surface area contributed by atoms with Crippen LogP contribution in [-0.4, -0.2) is 65.4 Å². The number of furan rings is 1. The number of piperidine rings is 1. The predicted molar refractivity (Wildman–Crippen MR) is 112 cm³/mol. The Kier molecular flexibility index (Phi) is 6.03. The highest BCUT2D eigenvalue weighted by Crippen LogP contribution is 2.15. The Bertz CT molecular complexity index is 952. The molecule has 0 radical (unpaired) electrons. The Balaban J connectivity index is 1.45. The minimum Gasteiger partial charge on any atom is -0.459 e. The topological polar surface area (TPSA) is 87.8 Å². The van der Waals surface area contributed by atoms with Gasteiger partial charge in [-0.25, -0.2) is 0 Å². The maximum atomic E-state index is 13.2. The first-order valence-corrected chi connectivity index (χ1v) is 10.6. The van der Waals surface area contributed by atoms with Gasteiger partial charge in [0.05, 0.1) is 6.26 Å². The van der Waals surface area contributed by atoms with Crippen molar-refractivity contribution in [1.82, 2.24) is 19.7 Å². The highest BCUT2D eigenvalue weighted by molar-refractivity contribution is 5.96. The minimum atomic E-state index is -0.251. The number of nitrogens with zero attached hydrogens (tertiary/aromatic N) is 3. The van der Waals surface area contributed by atoms with Gasteiger partial charge in [-0.05, 0) is 62.5 Å². The minimum absolute atomic E-state index is 0.175. The third kappa shape index (κ3) is 4.18. The maximum Gasteiger partial charge on any atom is 0.289 e. The number of amides is 2.